The second-order valence-corrected chi connectivity index (χ2v) is 5.34. The van der Waals surface area contributed by atoms with Crippen molar-refractivity contribution in [1.29, 1.82) is 0 Å². The number of hydrogen-bond donors (Lipinski definition) is 2. The Kier molecular flexibility index (Phi) is 6.28. The topological polar surface area (TPSA) is 32.3 Å². The van der Waals surface area contributed by atoms with E-state index in [1.807, 2.05) is 18.2 Å². The number of halogens is 2. The van der Waals surface area contributed by atoms with Gasteiger partial charge in [0.05, 0.1) is 6.10 Å². The van der Waals surface area contributed by atoms with Crippen LogP contribution in [0.25, 0.3) is 0 Å². The van der Waals surface area contributed by atoms with Gasteiger partial charge in [0.25, 0.3) is 0 Å². The maximum Gasteiger partial charge on any atom is 0.0515 e. The molecule has 17 heavy (non-hydrogen) atoms. The van der Waals surface area contributed by atoms with E-state index in [1.54, 1.807) is 6.92 Å². The van der Waals surface area contributed by atoms with E-state index in [9.17, 15) is 5.11 Å². The number of aliphatic hydroxyl groups excluding tert-OH is 1. The van der Waals surface area contributed by atoms with Crippen molar-refractivity contribution in [2.45, 2.75) is 32.9 Å². The minimum atomic E-state index is -0.254. The molecule has 0 fully saturated rings. The molecular formula is C13H19Cl2NO. The van der Waals surface area contributed by atoms with Crippen LogP contribution in [0.3, 0.4) is 0 Å². The van der Waals surface area contributed by atoms with E-state index in [0.29, 0.717) is 22.5 Å². The Hall–Kier alpha value is -0.280. The van der Waals surface area contributed by atoms with Crippen LogP contribution < -0.4 is 5.32 Å². The Bertz CT molecular complexity index is 335. The molecule has 0 spiro atoms. The van der Waals surface area contributed by atoms with Gasteiger partial charge < -0.3 is 10.4 Å². The molecule has 1 aromatic rings. The van der Waals surface area contributed by atoms with Crippen LogP contribution in [0.2, 0.25) is 10.0 Å². The molecule has 0 saturated heterocycles. The zero-order chi connectivity index (χ0) is 12.8. The molecule has 0 aliphatic rings. The second-order valence-electron chi connectivity index (χ2n) is 4.52. The Morgan fingerprint density at radius 3 is 2.35 bits per heavy atom. The summed E-state index contributed by atoms with van der Waals surface area (Å²) in [6, 6.07) is 5.51. The Morgan fingerprint density at radius 1 is 1.24 bits per heavy atom. The van der Waals surface area contributed by atoms with Crippen LogP contribution in [0.5, 0.6) is 0 Å². The third kappa shape index (κ3) is 5.26. The van der Waals surface area contributed by atoms with E-state index in [4.69, 9.17) is 23.2 Å². The number of hydrogen-bond acceptors (Lipinski definition) is 2. The van der Waals surface area contributed by atoms with Crippen LogP contribution in [-0.2, 0) is 6.54 Å². The largest absolute Gasteiger partial charge is 0.393 e. The predicted octanol–water partition coefficient (Wildman–Crippen LogP) is 3.49. The first-order chi connectivity index (χ1) is 8.00. The highest BCUT2D eigenvalue weighted by Gasteiger charge is 2.08. The smallest absolute Gasteiger partial charge is 0.0515 e. The van der Waals surface area contributed by atoms with E-state index in [1.165, 1.54) is 0 Å². The van der Waals surface area contributed by atoms with Gasteiger partial charge in [-0.15, -0.1) is 0 Å². The molecule has 0 radical (unpaired) electrons. The van der Waals surface area contributed by atoms with Crippen molar-refractivity contribution < 1.29 is 5.11 Å². The lowest BCUT2D eigenvalue weighted by molar-refractivity contribution is 0.163. The first-order valence-electron chi connectivity index (χ1n) is 5.82. The molecule has 0 aromatic heterocycles. The quantitative estimate of drug-likeness (QED) is 0.833. The molecular weight excluding hydrogens is 257 g/mol. The van der Waals surface area contributed by atoms with E-state index < -0.39 is 0 Å². The third-order valence-electron chi connectivity index (χ3n) is 2.60. The summed E-state index contributed by atoms with van der Waals surface area (Å²) in [5.41, 5.74) is 0.931. The van der Waals surface area contributed by atoms with Gasteiger partial charge in [0.2, 0.25) is 0 Å². The van der Waals surface area contributed by atoms with Crippen molar-refractivity contribution in [3.8, 4) is 0 Å². The van der Waals surface area contributed by atoms with Crippen LogP contribution in [0.4, 0.5) is 0 Å². The van der Waals surface area contributed by atoms with Crippen molar-refractivity contribution in [3.05, 3.63) is 33.8 Å². The fourth-order valence-electron chi connectivity index (χ4n) is 1.81. The van der Waals surface area contributed by atoms with Gasteiger partial charge in [0.15, 0.2) is 0 Å². The predicted molar refractivity (Wildman–Crippen MR) is 73.6 cm³/mol. The molecule has 0 saturated carbocycles. The molecule has 0 aliphatic carbocycles. The van der Waals surface area contributed by atoms with Gasteiger partial charge in [-0.1, -0.05) is 36.2 Å². The summed E-state index contributed by atoms with van der Waals surface area (Å²) in [5.74, 6) is 0.427. The fraction of sp³-hybridized carbons (Fsp3) is 0.538. The minimum absolute atomic E-state index is 0.254. The van der Waals surface area contributed by atoms with Gasteiger partial charge in [0, 0.05) is 22.2 Å². The van der Waals surface area contributed by atoms with E-state index >= 15 is 0 Å². The standard InChI is InChI=1S/C13H19Cl2NO/c1-9(6-10(2)17)7-16-8-11-12(14)4-3-5-13(11)15/h3-5,9-10,16-17H,6-8H2,1-2H3. The van der Waals surface area contributed by atoms with Gasteiger partial charge in [-0.3, -0.25) is 0 Å². The van der Waals surface area contributed by atoms with Crippen LogP contribution in [-0.4, -0.2) is 17.8 Å². The lowest BCUT2D eigenvalue weighted by atomic mass is 10.0. The molecule has 2 atom stereocenters. The Balaban J connectivity index is 2.41. The molecule has 2 N–H and O–H groups in total. The summed E-state index contributed by atoms with van der Waals surface area (Å²) in [7, 11) is 0. The van der Waals surface area contributed by atoms with E-state index in [2.05, 4.69) is 12.2 Å². The monoisotopic (exact) mass is 275 g/mol. The average molecular weight is 276 g/mol. The van der Waals surface area contributed by atoms with Gasteiger partial charge >= 0.3 is 0 Å². The zero-order valence-corrected chi connectivity index (χ0v) is 11.7. The lowest BCUT2D eigenvalue weighted by Gasteiger charge is -2.15. The molecule has 0 aliphatic heterocycles. The van der Waals surface area contributed by atoms with Crippen LogP contribution in [0.15, 0.2) is 18.2 Å². The zero-order valence-electron chi connectivity index (χ0n) is 10.2. The summed E-state index contributed by atoms with van der Waals surface area (Å²) in [6.45, 7) is 5.41. The van der Waals surface area contributed by atoms with Crippen LogP contribution in [0, 0.1) is 5.92 Å². The first-order valence-corrected chi connectivity index (χ1v) is 6.58. The van der Waals surface area contributed by atoms with Crippen molar-refractivity contribution in [1.82, 2.24) is 5.32 Å². The normalized spacial score (nSPS) is 14.6. The number of aliphatic hydroxyl groups is 1. The average Bonchev–Trinajstić information content (AvgIpc) is 2.21. The molecule has 2 unspecified atom stereocenters. The molecule has 4 heteroatoms. The van der Waals surface area contributed by atoms with Gasteiger partial charge in [0.1, 0.15) is 0 Å². The summed E-state index contributed by atoms with van der Waals surface area (Å²) < 4.78 is 0. The molecule has 0 bridgehead atoms. The molecule has 96 valence electrons. The Labute approximate surface area is 113 Å². The molecule has 1 aromatic carbocycles. The van der Waals surface area contributed by atoms with E-state index in [0.717, 1.165) is 18.5 Å². The van der Waals surface area contributed by atoms with Crippen molar-refractivity contribution in [2.24, 2.45) is 5.92 Å². The highest BCUT2D eigenvalue weighted by atomic mass is 35.5. The highest BCUT2D eigenvalue weighted by molar-refractivity contribution is 6.35. The maximum atomic E-state index is 9.26. The molecule has 0 amide bonds. The van der Waals surface area contributed by atoms with Crippen molar-refractivity contribution in [2.75, 3.05) is 6.54 Å². The first kappa shape index (κ1) is 14.8. The van der Waals surface area contributed by atoms with Gasteiger partial charge in [-0.05, 0) is 37.9 Å². The summed E-state index contributed by atoms with van der Waals surface area (Å²) >= 11 is 12.1. The molecule has 0 heterocycles. The second kappa shape index (κ2) is 7.22. The third-order valence-corrected chi connectivity index (χ3v) is 3.31. The number of rotatable bonds is 6. The van der Waals surface area contributed by atoms with Crippen molar-refractivity contribution >= 4 is 23.2 Å². The highest BCUT2D eigenvalue weighted by Crippen LogP contribution is 2.23. The van der Waals surface area contributed by atoms with Gasteiger partial charge in [-0.2, -0.15) is 0 Å². The number of benzene rings is 1. The summed E-state index contributed by atoms with van der Waals surface area (Å²) in [5, 5.41) is 13.9. The van der Waals surface area contributed by atoms with Gasteiger partial charge in [-0.25, -0.2) is 0 Å². The summed E-state index contributed by atoms with van der Waals surface area (Å²) in [6.07, 6.45) is 0.541. The minimum Gasteiger partial charge on any atom is -0.393 e. The number of nitrogens with one attached hydrogen (secondary N) is 1. The Morgan fingerprint density at radius 2 is 1.82 bits per heavy atom. The van der Waals surface area contributed by atoms with Crippen molar-refractivity contribution in [3.63, 3.8) is 0 Å². The SMILES string of the molecule is CC(O)CC(C)CNCc1c(Cl)cccc1Cl. The molecule has 1 rings (SSSR count). The maximum absolute atomic E-state index is 9.26. The van der Waals surface area contributed by atoms with E-state index in [-0.39, 0.29) is 6.10 Å². The fourth-order valence-corrected chi connectivity index (χ4v) is 2.34. The lowest BCUT2D eigenvalue weighted by Crippen LogP contribution is -2.23. The molecule has 2 nitrogen and oxygen atoms in total. The van der Waals surface area contributed by atoms with Crippen LogP contribution in [0.1, 0.15) is 25.8 Å². The summed E-state index contributed by atoms with van der Waals surface area (Å²) in [4.78, 5) is 0. The van der Waals surface area contributed by atoms with Crippen LogP contribution >= 0.6 is 23.2 Å².